The number of carbonyl (C=O) groups is 1. The van der Waals surface area contributed by atoms with Crippen LogP contribution in [0.5, 0.6) is 5.75 Å². The Morgan fingerprint density at radius 1 is 1.35 bits per heavy atom. The van der Waals surface area contributed by atoms with Gasteiger partial charge in [-0.1, -0.05) is 12.1 Å². The third-order valence-electron chi connectivity index (χ3n) is 2.83. The Morgan fingerprint density at radius 2 is 2.06 bits per heavy atom. The van der Waals surface area contributed by atoms with Gasteiger partial charge in [0.15, 0.2) is 0 Å². The van der Waals surface area contributed by atoms with Gasteiger partial charge in [-0.2, -0.15) is 0 Å². The van der Waals surface area contributed by atoms with Gasteiger partial charge in [-0.25, -0.2) is 0 Å². The zero-order chi connectivity index (χ0) is 12.3. The fourth-order valence-corrected chi connectivity index (χ4v) is 1.94. The summed E-state index contributed by atoms with van der Waals surface area (Å²) in [5, 5.41) is 0. The largest absolute Gasteiger partial charge is 0.497 e. The summed E-state index contributed by atoms with van der Waals surface area (Å²) in [4.78, 5) is 11.7. The van der Waals surface area contributed by atoms with Crippen LogP contribution in [-0.4, -0.2) is 26.0 Å². The SMILES string of the molecule is CCOC1CC(c2ccc(OC)cc2)C(=O)O1. The second-order valence-corrected chi connectivity index (χ2v) is 3.88. The van der Waals surface area contributed by atoms with Crippen LogP contribution in [0.4, 0.5) is 0 Å². The van der Waals surface area contributed by atoms with Crippen LogP contribution in [0.2, 0.25) is 0 Å². The number of carbonyl (C=O) groups excluding carboxylic acids is 1. The number of hydrogen-bond acceptors (Lipinski definition) is 4. The molecule has 17 heavy (non-hydrogen) atoms. The van der Waals surface area contributed by atoms with Crippen LogP contribution in [0.15, 0.2) is 24.3 Å². The molecule has 92 valence electrons. The van der Waals surface area contributed by atoms with E-state index >= 15 is 0 Å². The zero-order valence-electron chi connectivity index (χ0n) is 10.0. The summed E-state index contributed by atoms with van der Waals surface area (Å²) in [5.41, 5.74) is 0.943. The van der Waals surface area contributed by atoms with E-state index in [1.165, 1.54) is 0 Å². The number of hydrogen-bond donors (Lipinski definition) is 0. The minimum absolute atomic E-state index is 0.214. The molecule has 2 unspecified atom stereocenters. The number of methoxy groups -OCH3 is 1. The molecule has 1 aliphatic rings. The summed E-state index contributed by atoms with van der Waals surface area (Å²) in [6.45, 7) is 2.43. The molecule has 4 nitrogen and oxygen atoms in total. The maximum absolute atomic E-state index is 11.7. The number of ether oxygens (including phenoxy) is 3. The quantitative estimate of drug-likeness (QED) is 0.751. The Kier molecular flexibility index (Phi) is 3.64. The second kappa shape index (κ2) is 5.19. The first kappa shape index (κ1) is 11.9. The molecule has 0 N–H and O–H groups in total. The van der Waals surface area contributed by atoms with Gasteiger partial charge >= 0.3 is 5.97 Å². The summed E-state index contributed by atoms with van der Waals surface area (Å²) < 4.78 is 15.5. The molecule has 1 saturated heterocycles. The lowest BCUT2D eigenvalue weighted by Gasteiger charge is -2.07. The maximum Gasteiger partial charge on any atom is 0.315 e. The average molecular weight is 236 g/mol. The predicted molar refractivity (Wildman–Crippen MR) is 61.9 cm³/mol. The number of cyclic esters (lactones) is 1. The van der Waals surface area contributed by atoms with Crippen LogP contribution < -0.4 is 4.74 Å². The lowest BCUT2D eigenvalue weighted by atomic mass is 9.97. The van der Waals surface area contributed by atoms with E-state index < -0.39 is 6.29 Å². The normalized spacial score (nSPS) is 23.5. The van der Waals surface area contributed by atoms with E-state index in [2.05, 4.69) is 0 Å². The van der Waals surface area contributed by atoms with Crippen LogP contribution in [0.25, 0.3) is 0 Å². The van der Waals surface area contributed by atoms with E-state index in [1.54, 1.807) is 7.11 Å². The average Bonchev–Trinajstić information content (AvgIpc) is 2.71. The molecule has 2 atom stereocenters. The highest BCUT2D eigenvalue weighted by Crippen LogP contribution is 2.31. The summed E-state index contributed by atoms with van der Waals surface area (Å²) in [5.74, 6) is 0.340. The molecule has 0 radical (unpaired) electrons. The topological polar surface area (TPSA) is 44.8 Å². The molecule has 2 rings (SSSR count). The van der Waals surface area contributed by atoms with Crippen molar-refractivity contribution in [3.63, 3.8) is 0 Å². The number of esters is 1. The van der Waals surface area contributed by atoms with Crippen LogP contribution in [0.3, 0.4) is 0 Å². The molecule has 1 fully saturated rings. The smallest absolute Gasteiger partial charge is 0.315 e. The van der Waals surface area contributed by atoms with Crippen molar-refractivity contribution in [3.8, 4) is 5.75 Å². The number of benzene rings is 1. The third kappa shape index (κ3) is 2.58. The molecule has 0 bridgehead atoms. The fraction of sp³-hybridized carbons (Fsp3) is 0.462. The monoisotopic (exact) mass is 236 g/mol. The molecule has 1 aliphatic heterocycles. The first-order valence-corrected chi connectivity index (χ1v) is 5.70. The highest BCUT2D eigenvalue weighted by Gasteiger charge is 2.35. The zero-order valence-corrected chi connectivity index (χ0v) is 10.0. The highest BCUT2D eigenvalue weighted by atomic mass is 16.7. The van der Waals surface area contributed by atoms with Crippen molar-refractivity contribution >= 4 is 5.97 Å². The van der Waals surface area contributed by atoms with Gasteiger partial charge < -0.3 is 14.2 Å². The van der Waals surface area contributed by atoms with Gasteiger partial charge in [0.05, 0.1) is 13.0 Å². The van der Waals surface area contributed by atoms with Gasteiger partial charge in [-0.05, 0) is 24.6 Å². The van der Waals surface area contributed by atoms with Gasteiger partial charge in [-0.15, -0.1) is 0 Å². The van der Waals surface area contributed by atoms with E-state index in [-0.39, 0.29) is 11.9 Å². The molecule has 0 spiro atoms. The van der Waals surface area contributed by atoms with E-state index in [9.17, 15) is 4.79 Å². The van der Waals surface area contributed by atoms with Gasteiger partial charge in [-0.3, -0.25) is 4.79 Å². The maximum atomic E-state index is 11.7. The lowest BCUT2D eigenvalue weighted by Crippen LogP contribution is -2.10. The minimum Gasteiger partial charge on any atom is -0.497 e. The van der Waals surface area contributed by atoms with E-state index in [0.717, 1.165) is 11.3 Å². The lowest BCUT2D eigenvalue weighted by molar-refractivity contribution is -0.161. The van der Waals surface area contributed by atoms with Crippen LogP contribution in [0.1, 0.15) is 24.8 Å². The Bertz CT molecular complexity index is 385. The minimum atomic E-state index is -0.403. The molecule has 0 amide bonds. The molecular formula is C13H16O4. The van der Waals surface area contributed by atoms with Crippen molar-refractivity contribution < 1.29 is 19.0 Å². The Labute approximate surface area is 100 Å². The molecule has 1 heterocycles. The molecule has 0 aromatic heterocycles. The summed E-state index contributed by atoms with van der Waals surface area (Å²) in [6.07, 6.45) is 0.179. The second-order valence-electron chi connectivity index (χ2n) is 3.88. The first-order valence-electron chi connectivity index (χ1n) is 5.70. The number of rotatable bonds is 4. The van der Waals surface area contributed by atoms with Crippen molar-refractivity contribution in [1.29, 1.82) is 0 Å². The van der Waals surface area contributed by atoms with E-state index in [4.69, 9.17) is 14.2 Å². The van der Waals surface area contributed by atoms with Gasteiger partial charge in [0.1, 0.15) is 5.75 Å². The fourth-order valence-electron chi connectivity index (χ4n) is 1.94. The molecule has 1 aromatic rings. The summed E-state index contributed by atoms with van der Waals surface area (Å²) >= 11 is 0. The summed E-state index contributed by atoms with van der Waals surface area (Å²) in [7, 11) is 1.62. The Balaban J connectivity index is 2.08. The molecular weight excluding hydrogens is 220 g/mol. The van der Waals surface area contributed by atoms with Crippen molar-refractivity contribution in [2.75, 3.05) is 13.7 Å². The molecule has 0 aliphatic carbocycles. The van der Waals surface area contributed by atoms with Crippen molar-refractivity contribution in [1.82, 2.24) is 0 Å². The Hall–Kier alpha value is -1.55. The Morgan fingerprint density at radius 3 is 2.65 bits per heavy atom. The van der Waals surface area contributed by atoms with Gasteiger partial charge in [0, 0.05) is 13.0 Å². The van der Waals surface area contributed by atoms with E-state index in [1.807, 2.05) is 31.2 Å². The van der Waals surface area contributed by atoms with Crippen LogP contribution >= 0.6 is 0 Å². The van der Waals surface area contributed by atoms with Crippen molar-refractivity contribution in [2.24, 2.45) is 0 Å². The standard InChI is InChI=1S/C13H16O4/c1-3-16-12-8-11(13(14)17-12)9-4-6-10(15-2)7-5-9/h4-7,11-12H,3,8H2,1-2H3. The van der Waals surface area contributed by atoms with Crippen LogP contribution in [-0.2, 0) is 14.3 Å². The first-order chi connectivity index (χ1) is 8.24. The molecule has 1 aromatic carbocycles. The van der Waals surface area contributed by atoms with Crippen molar-refractivity contribution in [2.45, 2.75) is 25.6 Å². The molecule has 0 saturated carbocycles. The van der Waals surface area contributed by atoms with Gasteiger partial charge in [0.2, 0.25) is 6.29 Å². The third-order valence-corrected chi connectivity index (χ3v) is 2.83. The van der Waals surface area contributed by atoms with E-state index in [0.29, 0.717) is 13.0 Å². The molecule has 4 heteroatoms. The van der Waals surface area contributed by atoms with Crippen LogP contribution in [0, 0.1) is 0 Å². The highest BCUT2D eigenvalue weighted by molar-refractivity contribution is 5.80. The van der Waals surface area contributed by atoms with Gasteiger partial charge in [0.25, 0.3) is 0 Å². The van der Waals surface area contributed by atoms with Crippen molar-refractivity contribution in [3.05, 3.63) is 29.8 Å². The summed E-state index contributed by atoms with van der Waals surface area (Å²) in [6, 6.07) is 7.46. The predicted octanol–water partition coefficient (Wildman–Crippen LogP) is 2.09.